The number of phenolic OH excluding ortho intramolecular Hbond substituents is 1. The van der Waals surface area contributed by atoms with E-state index in [2.05, 4.69) is 63.9 Å². The van der Waals surface area contributed by atoms with Crippen molar-refractivity contribution in [2.24, 2.45) is 5.92 Å². The van der Waals surface area contributed by atoms with Crippen molar-refractivity contribution < 1.29 is 5.11 Å². The number of piperazine rings is 1. The normalized spacial score (nSPS) is 19.5. The van der Waals surface area contributed by atoms with Crippen LogP contribution in [0, 0.1) is 5.92 Å². The standard InChI is InChI=1S/C23H38N2O.2ClH/c1-22(2,3)17-14-18(21(26)19(15-17)23(4,5)6)20(13-16-7-8-16)25-11-9-24-10-12-25;;/h14-16,20,24,26H,7-13H2,1-6H3;2*1H/t20-;;/m0../s1. The molecule has 2 aliphatic rings. The maximum absolute atomic E-state index is 11.3. The predicted molar refractivity (Wildman–Crippen MR) is 125 cm³/mol. The first-order chi connectivity index (χ1) is 12.1. The van der Waals surface area contributed by atoms with E-state index in [0.29, 0.717) is 11.8 Å². The van der Waals surface area contributed by atoms with E-state index in [1.165, 1.54) is 24.8 Å². The third-order valence-corrected chi connectivity index (χ3v) is 6.02. The quantitative estimate of drug-likeness (QED) is 0.654. The molecule has 0 radical (unpaired) electrons. The lowest BCUT2D eigenvalue weighted by molar-refractivity contribution is 0.157. The van der Waals surface area contributed by atoms with Crippen molar-refractivity contribution >= 4 is 24.8 Å². The summed E-state index contributed by atoms with van der Waals surface area (Å²) in [7, 11) is 0. The Morgan fingerprint density at radius 3 is 2.04 bits per heavy atom. The van der Waals surface area contributed by atoms with Crippen LogP contribution < -0.4 is 5.32 Å². The molecule has 3 rings (SSSR count). The summed E-state index contributed by atoms with van der Waals surface area (Å²) in [6.45, 7) is 17.7. The van der Waals surface area contributed by atoms with Crippen LogP contribution in [0.3, 0.4) is 0 Å². The first-order valence-corrected chi connectivity index (χ1v) is 10.4. The first-order valence-electron chi connectivity index (χ1n) is 10.4. The highest BCUT2D eigenvalue weighted by Gasteiger charge is 2.34. The lowest BCUT2D eigenvalue weighted by atomic mass is 9.77. The monoisotopic (exact) mass is 430 g/mol. The van der Waals surface area contributed by atoms with Gasteiger partial charge < -0.3 is 10.4 Å². The van der Waals surface area contributed by atoms with E-state index >= 15 is 0 Å². The summed E-state index contributed by atoms with van der Waals surface area (Å²) in [6, 6.07) is 4.89. The van der Waals surface area contributed by atoms with Crippen molar-refractivity contribution in [3.05, 3.63) is 28.8 Å². The number of nitrogens with one attached hydrogen (secondary N) is 1. The molecule has 1 saturated heterocycles. The van der Waals surface area contributed by atoms with Crippen molar-refractivity contribution in [1.82, 2.24) is 10.2 Å². The molecule has 1 atom stereocenters. The van der Waals surface area contributed by atoms with Crippen LogP contribution in [0.4, 0.5) is 0 Å². The van der Waals surface area contributed by atoms with E-state index in [9.17, 15) is 5.11 Å². The fraction of sp³-hybridized carbons (Fsp3) is 0.739. The van der Waals surface area contributed by atoms with E-state index in [-0.39, 0.29) is 35.6 Å². The van der Waals surface area contributed by atoms with Gasteiger partial charge in [0.15, 0.2) is 0 Å². The van der Waals surface area contributed by atoms with E-state index in [0.717, 1.165) is 43.2 Å². The minimum absolute atomic E-state index is 0. The third kappa shape index (κ3) is 6.01. The van der Waals surface area contributed by atoms with Gasteiger partial charge in [0.1, 0.15) is 5.75 Å². The first kappa shape index (κ1) is 25.6. The Labute approximate surface area is 184 Å². The molecule has 1 aromatic rings. The van der Waals surface area contributed by atoms with Crippen molar-refractivity contribution in [2.75, 3.05) is 26.2 Å². The van der Waals surface area contributed by atoms with Crippen LogP contribution in [-0.4, -0.2) is 36.2 Å². The molecule has 1 aliphatic carbocycles. The molecule has 0 bridgehead atoms. The smallest absolute Gasteiger partial charge is 0.124 e. The number of rotatable bonds is 4. The molecule has 1 saturated carbocycles. The van der Waals surface area contributed by atoms with Crippen molar-refractivity contribution in [3.8, 4) is 5.75 Å². The van der Waals surface area contributed by atoms with Gasteiger partial charge in [-0.25, -0.2) is 0 Å². The summed E-state index contributed by atoms with van der Waals surface area (Å²) >= 11 is 0. The van der Waals surface area contributed by atoms with Crippen LogP contribution in [0.15, 0.2) is 12.1 Å². The van der Waals surface area contributed by atoms with E-state index < -0.39 is 0 Å². The van der Waals surface area contributed by atoms with Crippen molar-refractivity contribution in [2.45, 2.75) is 77.7 Å². The second-order valence-electron chi connectivity index (χ2n) is 10.4. The van der Waals surface area contributed by atoms with Crippen molar-refractivity contribution in [1.29, 1.82) is 0 Å². The van der Waals surface area contributed by atoms with E-state index in [4.69, 9.17) is 0 Å². The number of nitrogens with zero attached hydrogens (tertiary/aromatic N) is 1. The second-order valence-corrected chi connectivity index (χ2v) is 10.4. The van der Waals surface area contributed by atoms with Gasteiger partial charge in [-0.05, 0) is 40.4 Å². The van der Waals surface area contributed by atoms with Gasteiger partial charge in [0, 0.05) is 37.8 Å². The molecule has 0 spiro atoms. The minimum Gasteiger partial charge on any atom is -0.507 e. The van der Waals surface area contributed by atoms with Gasteiger partial charge in [0.25, 0.3) is 0 Å². The number of hydrogen-bond acceptors (Lipinski definition) is 3. The van der Waals surface area contributed by atoms with Gasteiger partial charge in [-0.3, -0.25) is 4.90 Å². The molecule has 2 fully saturated rings. The Morgan fingerprint density at radius 2 is 1.57 bits per heavy atom. The molecule has 0 unspecified atom stereocenters. The summed E-state index contributed by atoms with van der Waals surface area (Å²) in [4.78, 5) is 2.60. The van der Waals surface area contributed by atoms with Gasteiger partial charge >= 0.3 is 0 Å². The number of phenols is 1. The zero-order valence-corrected chi connectivity index (χ0v) is 20.1. The minimum atomic E-state index is -0.0618. The largest absolute Gasteiger partial charge is 0.507 e. The second kappa shape index (κ2) is 9.55. The zero-order valence-electron chi connectivity index (χ0n) is 18.5. The molecule has 0 aromatic heterocycles. The van der Waals surface area contributed by atoms with Crippen LogP contribution in [-0.2, 0) is 10.8 Å². The van der Waals surface area contributed by atoms with Crippen LogP contribution in [0.2, 0.25) is 0 Å². The Morgan fingerprint density at radius 1 is 1.00 bits per heavy atom. The van der Waals surface area contributed by atoms with Gasteiger partial charge in [-0.1, -0.05) is 60.5 Å². The molecule has 1 aliphatic heterocycles. The van der Waals surface area contributed by atoms with Gasteiger partial charge in [-0.15, -0.1) is 24.8 Å². The molecule has 1 heterocycles. The Balaban J connectivity index is 0.00000196. The molecule has 0 amide bonds. The van der Waals surface area contributed by atoms with Crippen LogP contribution in [0.5, 0.6) is 5.75 Å². The maximum Gasteiger partial charge on any atom is 0.124 e. The van der Waals surface area contributed by atoms with Crippen LogP contribution in [0.1, 0.15) is 83.5 Å². The third-order valence-electron chi connectivity index (χ3n) is 6.02. The topological polar surface area (TPSA) is 35.5 Å². The SMILES string of the molecule is CC(C)(C)c1cc([C@H](CC2CC2)N2CCNCC2)c(O)c(C(C)(C)C)c1.Cl.Cl. The molecular weight excluding hydrogens is 391 g/mol. The molecule has 2 N–H and O–H groups in total. The van der Waals surface area contributed by atoms with E-state index in [1.807, 2.05) is 0 Å². The highest BCUT2D eigenvalue weighted by molar-refractivity contribution is 5.85. The van der Waals surface area contributed by atoms with E-state index in [1.54, 1.807) is 0 Å². The van der Waals surface area contributed by atoms with Crippen LogP contribution in [0.25, 0.3) is 0 Å². The highest BCUT2D eigenvalue weighted by Crippen LogP contribution is 2.46. The van der Waals surface area contributed by atoms with Gasteiger partial charge in [0.2, 0.25) is 0 Å². The van der Waals surface area contributed by atoms with Gasteiger partial charge in [0.05, 0.1) is 0 Å². The van der Waals surface area contributed by atoms with Gasteiger partial charge in [-0.2, -0.15) is 0 Å². The molecule has 3 nitrogen and oxygen atoms in total. The number of benzene rings is 1. The maximum atomic E-state index is 11.3. The fourth-order valence-electron chi connectivity index (χ4n) is 4.05. The molecule has 1 aromatic carbocycles. The summed E-state index contributed by atoms with van der Waals surface area (Å²) in [5.74, 6) is 1.38. The fourth-order valence-corrected chi connectivity index (χ4v) is 4.05. The summed E-state index contributed by atoms with van der Waals surface area (Å²) in [5.41, 5.74) is 3.61. The Kier molecular flexibility index (Phi) is 8.72. The number of aromatic hydroxyl groups is 1. The van der Waals surface area contributed by atoms with Crippen molar-refractivity contribution in [3.63, 3.8) is 0 Å². The molecule has 28 heavy (non-hydrogen) atoms. The Hall–Kier alpha value is -0.480. The molecule has 162 valence electrons. The predicted octanol–water partition coefficient (Wildman–Crippen LogP) is 5.58. The highest BCUT2D eigenvalue weighted by atomic mass is 35.5. The Bertz CT molecular complexity index is 639. The average molecular weight is 431 g/mol. The molecule has 5 heteroatoms. The lowest BCUT2D eigenvalue weighted by Gasteiger charge is -2.37. The number of hydrogen-bond donors (Lipinski definition) is 2. The summed E-state index contributed by atoms with van der Waals surface area (Å²) in [6.07, 6.45) is 3.90. The number of halogens is 2. The lowest BCUT2D eigenvalue weighted by Crippen LogP contribution is -2.45. The average Bonchev–Trinajstić information content (AvgIpc) is 3.36. The summed E-state index contributed by atoms with van der Waals surface area (Å²) in [5, 5.41) is 14.8. The molecular formula is C23H40Cl2N2O. The van der Waals surface area contributed by atoms with Crippen LogP contribution >= 0.6 is 24.8 Å². The zero-order chi connectivity index (χ0) is 19.1. The summed E-state index contributed by atoms with van der Waals surface area (Å²) < 4.78 is 0.